The zero-order valence-electron chi connectivity index (χ0n) is 17.0. The summed E-state index contributed by atoms with van der Waals surface area (Å²) in [6.07, 6.45) is 7.60. The molecule has 0 saturated carbocycles. The summed E-state index contributed by atoms with van der Waals surface area (Å²) < 4.78 is 0. The van der Waals surface area contributed by atoms with Crippen LogP contribution >= 0.6 is 0 Å². The lowest BCUT2D eigenvalue weighted by Crippen LogP contribution is -2.39. The van der Waals surface area contributed by atoms with Crippen molar-refractivity contribution >= 4 is 5.91 Å². The molecule has 1 aromatic carbocycles. The van der Waals surface area contributed by atoms with E-state index in [0.29, 0.717) is 12.2 Å². The highest BCUT2D eigenvalue weighted by Gasteiger charge is 2.27. The predicted octanol–water partition coefficient (Wildman–Crippen LogP) is 4.10. The maximum atomic E-state index is 12.8. The molecule has 1 amide bonds. The minimum atomic E-state index is -0.0459. The third-order valence-corrected chi connectivity index (χ3v) is 5.43. The predicted molar refractivity (Wildman–Crippen MR) is 113 cm³/mol. The first-order valence-electron chi connectivity index (χ1n) is 10.2. The van der Waals surface area contributed by atoms with E-state index >= 15 is 0 Å². The summed E-state index contributed by atoms with van der Waals surface area (Å²) in [5.41, 5.74) is 6.39. The Balaban J connectivity index is 1.53. The Morgan fingerprint density at radius 3 is 2.83 bits per heavy atom. The van der Waals surface area contributed by atoms with Crippen LogP contribution in [0.3, 0.4) is 0 Å². The van der Waals surface area contributed by atoms with Gasteiger partial charge in [0.1, 0.15) is 5.69 Å². The number of aromatic nitrogens is 3. The van der Waals surface area contributed by atoms with Crippen LogP contribution in [0.4, 0.5) is 0 Å². The van der Waals surface area contributed by atoms with E-state index in [9.17, 15) is 4.79 Å². The highest BCUT2D eigenvalue weighted by Crippen LogP contribution is 2.28. The van der Waals surface area contributed by atoms with Crippen molar-refractivity contribution in [2.45, 2.75) is 39.0 Å². The summed E-state index contributed by atoms with van der Waals surface area (Å²) in [4.78, 5) is 27.7. The third kappa shape index (κ3) is 4.67. The molecule has 1 fully saturated rings. The lowest BCUT2D eigenvalue weighted by Gasteiger charge is -2.32. The number of carbonyl (C=O) groups excluding carboxylic acids is 1. The number of nitrogens with zero attached hydrogens (tertiary/aromatic N) is 4. The van der Waals surface area contributed by atoms with Crippen LogP contribution in [-0.2, 0) is 6.42 Å². The zero-order chi connectivity index (χ0) is 20.2. The second-order valence-electron chi connectivity index (χ2n) is 7.89. The number of piperidine rings is 1. The van der Waals surface area contributed by atoms with Gasteiger partial charge >= 0.3 is 0 Å². The first-order chi connectivity index (χ1) is 14.1. The number of pyridine rings is 1. The van der Waals surface area contributed by atoms with E-state index in [-0.39, 0.29) is 11.8 Å². The highest BCUT2D eigenvalue weighted by atomic mass is 16.2. The second kappa shape index (κ2) is 8.52. The van der Waals surface area contributed by atoms with Crippen molar-refractivity contribution in [2.24, 2.45) is 0 Å². The van der Waals surface area contributed by atoms with Gasteiger partial charge in [0.2, 0.25) is 0 Å². The maximum absolute atomic E-state index is 12.8. The molecular weight excluding hydrogens is 360 g/mol. The first kappa shape index (κ1) is 19.2. The van der Waals surface area contributed by atoms with Crippen LogP contribution in [0.25, 0.3) is 0 Å². The lowest BCUT2D eigenvalue weighted by molar-refractivity contribution is 0.0699. The van der Waals surface area contributed by atoms with E-state index in [1.165, 1.54) is 22.9 Å². The summed E-state index contributed by atoms with van der Waals surface area (Å²) in [6.45, 7) is 5.61. The quantitative estimate of drug-likeness (QED) is 0.677. The Hall–Kier alpha value is -3.08. The number of hydrogen-bond acceptors (Lipinski definition) is 4. The average Bonchev–Trinajstić information content (AvgIpc) is 2.73. The van der Waals surface area contributed by atoms with Crippen molar-refractivity contribution in [3.05, 3.63) is 88.8 Å². The Morgan fingerprint density at radius 2 is 2.03 bits per heavy atom. The molecule has 148 valence electrons. The molecule has 1 atom stereocenters. The second-order valence-corrected chi connectivity index (χ2v) is 7.89. The lowest BCUT2D eigenvalue weighted by atomic mass is 9.92. The summed E-state index contributed by atoms with van der Waals surface area (Å²) in [6, 6.07) is 13.0. The van der Waals surface area contributed by atoms with Crippen molar-refractivity contribution in [3.8, 4) is 0 Å². The van der Waals surface area contributed by atoms with E-state index in [2.05, 4.69) is 60.2 Å². The Bertz CT molecular complexity index is 1000. The largest absolute Gasteiger partial charge is 0.337 e. The van der Waals surface area contributed by atoms with Crippen LogP contribution in [-0.4, -0.2) is 38.8 Å². The van der Waals surface area contributed by atoms with Gasteiger partial charge in [0.05, 0.1) is 6.20 Å². The van der Waals surface area contributed by atoms with Crippen LogP contribution in [0.5, 0.6) is 0 Å². The molecule has 0 unspecified atom stereocenters. The molecule has 1 saturated heterocycles. The molecule has 4 rings (SSSR count). The molecule has 1 aliphatic heterocycles. The molecule has 5 heteroatoms. The highest BCUT2D eigenvalue weighted by molar-refractivity contribution is 5.92. The molecule has 0 N–H and O–H groups in total. The molecule has 2 aromatic heterocycles. The maximum Gasteiger partial charge on any atom is 0.274 e. The van der Waals surface area contributed by atoms with Gasteiger partial charge in [0.15, 0.2) is 0 Å². The number of rotatable bonds is 4. The van der Waals surface area contributed by atoms with Gasteiger partial charge in [-0.1, -0.05) is 29.8 Å². The van der Waals surface area contributed by atoms with E-state index in [1.807, 2.05) is 4.90 Å². The van der Waals surface area contributed by atoms with Crippen LogP contribution in [0.2, 0.25) is 0 Å². The van der Waals surface area contributed by atoms with Crippen molar-refractivity contribution in [2.75, 3.05) is 13.1 Å². The van der Waals surface area contributed by atoms with E-state index in [0.717, 1.165) is 37.2 Å². The molecule has 3 aromatic rings. The topological polar surface area (TPSA) is 59.0 Å². The van der Waals surface area contributed by atoms with E-state index in [1.54, 1.807) is 12.4 Å². The summed E-state index contributed by atoms with van der Waals surface area (Å²) in [5, 5.41) is 0. The van der Waals surface area contributed by atoms with Crippen LogP contribution in [0.1, 0.15) is 57.3 Å². The van der Waals surface area contributed by atoms with Gasteiger partial charge in [-0.3, -0.25) is 14.8 Å². The van der Waals surface area contributed by atoms with E-state index in [4.69, 9.17) is 4.98 Å². The Morgan fingerprint density at radius 1 is 1.14 bits per heavy atom. The molecule has 0 aliphatic carbocycles. The van der Waals surface area contributed by atoms with Gasteiger partial charge in [-0.25, -0.2) is 4.98 Å². The van der Waals surface area contributed by atoms with Crippen molar-refractivity contribution < 1.29 is 4.79 Å². The fourth-order valence-electron chi connectivity index (χ4n) is 4.11. The molecule has 0 bridgehead atoms. The number of likely N-dealkylation sites (tertiary alicyclic amines) is 1. The van der Waals surface area contributed by atoms with Gasteiger partial charge in [-0.05, 0) is 56.4 Å². The van der Waals surface area contributed by atoms with Gasteiger partial charge in [0, 0.05) is 42.8 Å². The van der Waals surface area contributed by atoms with E-state index < -0.39 is 0 Å². The molecule has 29 heavy (non-hydrogen) atoms. The van der Waals surface area contributed by atoms with Crippen molar-refractivity contribution in [3.63, 3.8) is 0 Å². The summed E-state index contributed by atoms with van der Waals surface area (Å²) in [5.74, 6) is 0.205. The summed E-state index contributed by atoms with van der Waals surface area (Å²) >= 11 is 0. The molecule has 1 aliphatic rings. The van der Waals surface area contributed by atoms with Crippen LogP contribution in [0.15, 0.2) is 55.0 Å². The minimum Gasteiger partial charge on any atom is -0.337 e. The number of amides is 1. The molecule has 0 spiro atoms. The van der Waals surface area contributed by atoms with Crippen molar-refractivity contribution in [1.82, 2.24) is 19.9 Å². The Kier molecular flexibility index (Phi) is 5.65. The normalized spacial score (nSPS) is 16.6. The number of aryl methyl sites for hydroxylation is 2. The molecule has 0 radical (unpaired) electrons. The first-order valence-corrected chi connectivity index (χ1v) is 10.2. The number of hydrogen-bond donors (Lipinski definition) is 0. The van der Waals surface area contributed by atoms with Gasteiger partial charge in [-0.15, -0.1) is 0 Å². The Labute approximate surface area is 171 Å². The summed E-state index contributed by atoms with van der Waals surface area (Å²) in [7, 11) is 0. The SMILES string of the molecule is Cc1cccc(Cc2cc(C)nc([C@H]3CCCN(C(=O)c4cnccn4)C3)c2)c1. The monoisotopic (exact) mass is 386 g/mol. The molecule has 3 heterocycles. The smallest absolute Gasteiger partial charge is 0.274 e. The fraction of sp³-hybridized carbons (Fsp3) is 0.333. The minimum absolute atomic E-state index is 0.0459. The van der Waals surface area contributed by atoms with Crippen LogP contribution in [0, 0.1) is 13.8 Å². The van der Waals surface area contributed by atoms with Gasteiger partial charge in [-0.2, -0.15) is 0 Å². The van der Waals surface area contributed by atoms with Crippen molar-refractivity contribution in [1.29, 1.82) is 0 Å². The third-order valence-electron chi connectivity index (χ3n) is 5.43. The zero-order valence-corrected chi connectivity index (χ0v) is 17.0. The van der Waals surface area contributed by atoms with Gasteiger partial charge < -0.3 is 4.90 Å². The fourth-order valence-corrected chi connectivity index (χ4v) is 4.11. The number of benzene rings is 1. The van der Waals surface area contributed by atoms with Gasteiger partial charge in [0.25, 0.3) is 5.91 Å². The molecular formula is C24H26N4O. The number of carbonyl (C=O) groups is 1. The average molecular weight is 386 g/mol. The standard InChI is InChI=1S/C24H26N4O/c1-17-5-3-6-19(11-17)13-20-12-18(2)27-22(14-20)21-7-4-10-28(16-21)24(29)23-15-25-8-9-26-23/h3,5-6,8-9,11-12,14-15,21H,4,7,10,13,16H2,1-2H3/t21-/m0/s1. The van der Waals surface area contributed by atoms with Crippen LogP contribution < -0.4 is 0 Å². The molecule has 5 nitrogen and oxygen atoms in total.